The summed E-state index contributed by atoms with van der Waals surface area (Å²) < 4.78 is 15.3. The third-order valence-corrected chi connectivity index (χ3v) is 3.97. The summed E-state index contributed by atoms with van der Waals surface area (Å²) in [6.45, 7) is -1.33. The van der Waals surface area contributed by atoms with Crippen molar-refractivity contribution in [3.05, 3.63) is 0 Å². The minimum atomic E-state index is -1.72. The van der Waals surface area contributed by atoms with Gasteiger partial charge in [-0.15, -0.1) is 0 Å². The molecule has 0 aromatic rings. The molecule has 2 aliphatic heterocycles. The lowest BCUT2D eigenvalue weighted by Gasteiger charge is -2.44. The van der Waals surface area contributed by atoms with Crippen molar-refractivity contribution in [2.45, 2.75) is 61.4 Å². The molecule has 0 aliphatic carbocycles. The predicted octanol–water partition coefficient (Wildman–Crippen LogP) is -5.40. The molecular formula is C12H22O11. The van der Waals surface area contributed by atoms with Gasteiger partial charge in [0, 0.05) is 0 Å². The summed E-state index contributed by atoms with van der Waals surface area (Å²) in [6, 6.07) is 0. The Hall–Kier alpha value is -0.440. The van der Waals surface area contributed by atoms with E-state index in [1.165, 1.54) is 0 Å². The Bertz CT molecular complexity index is 344. The molecule has 0 saturated carbocycles. The maximum Gasteiger partial charge on any atom is 0.189 e. The van der Waals surface area contributed by atoms with Gasteiger partial charge in [-0.05, 0) is 0 Å². The number of rotatable bonds is 4. The molecule has 2 aliphatic rings. The summed E-state index contributed by atoms with van der Waals surface area (Å²) in [5.74, 6) is 0. The van der Waals surface area contributed by atoms with Gasteiger partial charge in [-0.3, -0.25) is 0 Å². The second kappa shape index (κ2) is 7.63. The highest BCUT2D eigenvalue weighted by atomic mass is 16.8. The molecule has 2 heterocycles. The van der Waals surface area contributed by atoms with Crippen LogP contribution in [0, 0.1) is 0 Å². The number of hydrogen-bond donors (Lipinski definition) is 8. The van der Waals surface area contributed by atoms with Gasteiger partial charge in [0.25, 0.3) is 0 Å². The first-order valence-corrected chi connectivity index (χ1v) is 7.08. The first-order valence-electron chi connectivity index (χ1n) is 7.08. The van der Waals surface area contributed by atoms with E-state index in [2.05, 4.69) is 0 Å². The normalized spacial score (nSPS) is 51.7. The van der Waals surface area contributed by atoms with Gasteiger partial charge in [0.15, 0.2) is 12.6 Å². The molecule has 8 N–H and O–H groups in total. The summed E-state index contributed by atoms with van der Waals surface area (Å²) in [6.07, 6.45) is -15.6. The van der Waals surface area contributed by atoms with Gasteiger partial charge in [0.1, 0.15) is 48.8 Å². The van der Waals surface area contributed by atoms with Crippen molar-refractivity contribution >= 4 is 0 Å². The topological polar surface area (TPSA) is 190 Å². The van der Waals surface area contributed by atoms with Crippen LogP contribution in [0.4, 0.5) is 0 Å². The smallest absolute Gasteiger partial charge is 0.189 e. The highest BCUT2D eigenvalue weighted by molar-refractivity contribution is 4.92. The first kappa shape index (κ1) is 18.9. The highest BCUT2D eigenvalue weighted by Crippen LogP contribution is 2.27. The molecule has 11 heteroatoms. The van der Waals surface area contributed by atoms with Crippen molar-refractivity contribution < 1.29 is 55.1 Å². The summed E-state index contributed by atoms with van der Waals surface area (Å²) >= 11 is 0. The molecule has 0 bridgehead atoms. The molecule has 2 rings (SSSR count). The van der Waals surface area contributed by atoms with Crippen LogP contribution in [-0.2, 0) is 14.2 Å². The van der Waals surface area contributed by atoms with Crippen LogP contribution in [0.15, 0.2) is 0 Å². The van der Waals surface area contributed by atoms with E-state index in [0.29, 0.717) is 0 Å². The maximum atomic E-state index is 9.84. The van der Waals surface area contributed by atoms with Crippen LogP contribution in [0.3, 0.4) is 0 Å². The second-order valence-electron chi connectivity index (χ2n) is 5.53. The average Bonchev–Trinajstić information content (AvgIpc) is 2.55. The zero-order valence-corrected chi connectivity index (χ0v) is 12.0. The Morgan fingerprint density at radius 1 is 0.565 bits per heavy atom. The van der Waals surface area contributed by atoms with Crippen LogP contribution < -0.4 is 0 Å². The van der Waals surface area contributed by atoms with E-state index in [1.807, 2.05) is 0 Å². The fourth-order valence-electron chi connectivity index (χ4n) is 2.49. The number of aliphatic hydroxyl groups excluding tert-OH is 8. The van der Waals surface area contributed by atoms with Crippen molar-refractivity contribution in [2.24, 2.45) is 0 Å². The minimum absolute atomic E-state index is 0.667. The number of ether oxygens (including phenoxy) is 3. The number of hydrogen-bond acceptors (Lipinski definition) is 11. The first-order chi connectivity index (χ1) is 10.8. The quantitative estimate of drug-likeness (QED) is 0.243. The zero-order chi connectivity index (χ0) is 17.3. The van der Waals surface area contributed by atoms with Crippen molar-refractivity contribution in [1.82, 2.24) is 0 Å². The lowest BCUT2D eigenvalue weighted by Crippen LogP contribution is -2.63. The summed E-state index contributed by atoms with van der Waals surface area (Å²) in [5, 5.41) is 76.4. The predicted molar refractivity (Wildman–Crippen MR) is 68.6 cm³/mol. The molecule has 0 aromatic carbocycles. The van der Waals surface area contributed by atoms with Gasteiger partial charge >= 0.3 is 0 Å². The van der Waals surface area contributed by atoms with E-state index in [0.717, 1.165) is 0 Å². The van der Waals surface area contributed by atoms with E-state index >= 15 is 0 Å². The van der Waals surface area contributed by atoms with Crippen LogP contribution in [0.5, 0.6) is 0 Å². The third-order valence-electron chi connectivity index (χ3n) is 3.97. The Balaban J connectivity index is 2.07. The van der Waals surface area contributed by atoms with Crippen LogP contribution in [0.2, 0.25) is 0 Å². The molecule has 10 atom stereocenters. The Morgan fingerprint density at radius 2 is 0.913 bits per heavy atom. The van der Waals surface area contributed by atoms with Gasteiger partial charge in [-0.1, -0.05) is 0 Å². The van der Waals surface area contributed by atoms with Crippen molar-refractivity contribution in [2.75, 3.05) is 13.2 Å². The monoisotopic (exact) mass is 342 g/mol. The summed E-state index contributed by atoms with van der Waals surface area (Å²) in [5.41, 5.74) is 0. The maximum absolute atomic E-state index is 9.84. The standard InChI is InChI=1S/C12H22O11/c13-1-3-5(15)7(17)9(19)11(21-3)23-12-10(20)8(18)6(16)4(2-14)22-12/h3-20H,1-2H2/t3-,4-,5+,6+,7+,8+,9+,10+,11+,12+/m0/s1. The molecule has 11 nitrogen and oxygen atoms in total. The molecule has 0 spiro atoms. The van der Waals surface area contributed by atoms with Crippen LogP contribution in [0.25, 0.3) is 0 Å². The van der Waals surface area contributed by atoms with Crippen LogP contribution in [-0.4, -0.2) is 115 Å². The molecular weight excluding hydrogens is 320 g/mol. The lowest BCUT2D eigenvalue weighted by atomic mass is 9.98. The average molecular weight is 342 g/mol. The van der Waals surface area contributed by atoms with E-state index in [9.17, 15) is 30.6 Å². The number of aliphatic hydroxyl groups is 8. The van der Waals surface area contributed by atoms with E-state index in [1.54, 1.807) is 0 Å². The molecule has 23 heavy (non-hydrogen) atoms. The summed E-state index contributed by atoms with van der Waals surface area (Å²) in [4.78, 5) is 0. The second-order valence-corrected chi connectivity index (χ2v) is 5.53. The largest absolute Gasteiger partial charge is 0.394 e. The van der Waals surface area contributed by atoms with Gasteiger partial charge in [-0.25, -0.2) is 0 Å². The fourth-order valence-corrected chi connectivity index (χ4v) is 2.49. The van der Waals surface area contributed by atoms with E-state index in [-0.39, 0.29) is 0 Å². The fraction of sp³-hybridized carbons (Fsp3) is 1.00. The minimum Gasteiger partial charge on any atom is -0.394 e. The molecule has 0 amide bonds. The summed E-state index contributed by atoms with van der Waals surface area (Å²) in [7, 11) is 0. The van der Waals surface area contributed by atoms with Gasteiger partial charge in [0.2, 0.25) is 0 Å². The van der Waals surface area contributed by atoms with E-state index in [4.69, 9.17) is 24.4 Å². The molecule has 0 aromatic heterocycles. The van der Waals surface area contributed by atoms with Crippen molar-refractivity contribution in [3.8, 4) is 0 Å². The van der Waals surface area contributed by atoms with Gasteiger partial charge in [-0.2, -0.15) is 0 Å². The zero-order valence-electron chi connectivity index (χ0n) is 12.0. The van der Waals surface area contributed by atoms with E-state index < -0.39 is 74.6 Å². The van der Waals surface area contributed by atoms with Crippen molar-refractivity contribution in [3.63, 3.8) is 0 Å². The highest BCUT2D eigenvalue weighted by Gasteiger charge is 2.49. The Morgan fingerprint density at radius 3 is 1.22 bits per heavy atom. The van der Waals surface area contributed by atoms with Crippen LogP contribution in [0.1, 0.15) is 0 Å². The SMILES string of the molecule is OC[C@@H]1O[C@H](O[C@H]2O[C@@H](CO)[C@@H](O)[C@@H](O)[C@H]2O)[C@H](O)[C@H](O)[C@@H]1O. The molecule has 2 saturated heterocycles. The molecule has 136 valence electrons. The molecule has 0 unspecified atom stereocenters. The van der Waals surface area contributed by atoms with Crippen molar-refractivity contribution in [1.29, 1.82) is 0 Å². The molecule has 0 radical (unpaired) electrons. The van der Waals surface area contributed by atoms with Gasteiger partial charge < -0.3 is 55.1 Å². The van der Waals surface area contributed by atoms with Gasteiger partial charge in [0.05, 0.1) is 13.2 Å². The molecule has 2 fully saturated rings. The Kier molecular flexibility index (Phi) is 6.27. The lowest BCUT2D eigenvalue weighted by molar-refractivity contribution is -0.376. The Labute approximate surface area is 130 Å². The van der Waals surface area contributed by atoms with Crippen LogP contribution >= 0.6 is 0 Å². The third kappa shape index (κ3) is 3.65.